The first kappa shape index (κ1) is 23.4. The highest BCUT2D eigenvalue weighted by Gasteiger charge is 2.51. The van der Waals surface area contributed by atoms with Crippen molar-refractivity contribution in [3.05, 3.63) is 23.8 Å². The molecular weight excluding hydrogens is 398 g/mol. The Balaban J connectivity index is 1.88. The zero-order chi connectivity index (χ0) is 23.0. The molecule has 7 heteroatoms. The molecular formula is C24H35NO6. The zero-order valence-corrected chi connectivity index (χ0v) is 19.4. The van der Waals surface area contributed by atoms with Crippen LogP contribution >= 0.6 is 0 Å². The number of hydrogen-bond acceptors (Lipinski definition) is 6. The largest absolute Gasteiger partial charge is 0.493 e. The first-order valence-corrected chi connectivity index (χ1v) is 11.0. The molecule has 0 bridgehead atoms. The van der Waals surface area contributed by atoms with Gasteiger partial charge in [-0.05, 0) is 57.2 Å². The van der Waals surface area contributed by atoms with Gasteiger partial charge < -0.3 is 24.2 Å². The molecule has 3 rings (SSSR count). The number of methoxy groups -OCH3 is 1. The van der Waals surface area contributed by atoms with Crippen molar-refractivity contribution in [3.63, 3.8) is 0 Å². The number of aliphatic hydroxyl groups excluding tert-OH is 1. The third-order valence-corrected chi connectivity index (χ3v) is 6.65. The topological polar surface area (TPSA) is 85.3 Å². The van der Waals surface area contributed by atoms with Crippen molar-refractivity contribution < 1.29 is 28.9 Å². The maximum atomic E-state index is 13.2. The van der Waals surface area contributed by atoms with Crippen molar-refractivity contribution >= 4 is 11.9 Å². The highest BCUT2D eigenvalue weighted by atomic mass is 16.6. The molecule has 1 aromatic rings. The number of nitrogens with zero attached hydrogens (tertiary/aromatic N) is 1. The highest BCUT2D eigenvalue weighted by molar-refractivity contribution is 5.87. The van der Waals surface area contributed by atoms with Crippen LogP contribution < -0.4 is 9.47 Å². The summed E-state index contributed by atoms with van der Waals surface area (Å²) in [5.41, 5.74) is -0.848. The van der Waals surface area contributed by atoms with Crippen molar-refractivity contribution in [2.75, 3.05) is 26.8 Å². The van der Waals surface area contributed by atoms with Crippen molar-refractivity contribution in [1.29, 1.82) is 0 Å². The quantitative estimate of drug-likeness (QED) is 0.634. The predicted molar refractivity (Wildman–Crippen MR) is 116 cm³/mol. The summed E-state index contributed by atoms with van der Waals surface area (Å²) in [6.45, 7) is 9.68. The van der Waals surface area contributed by atoms with E-state index in [0.29, 0.717) is 37.1 Å². The van der Waals surface area contributed by atoms with Crippen molar-refractivity contribution in [1.82, 2.24) is 4.90 Å². The van der Waals surface area contributed by atoms with E-state index in [-0.39, 0.29) is 11.8 Å². The molecule has 31 heavy (non-hydrogen) atoms. The lowest BCUT2D eigenvalue weighted by Crippen LogP contribution is -2.48. The Morgan fingerprint density at radius 3 is 2.52 bits per heavy atom. The number of aliphatic hydroxyl groups is 1. The molecule has 0 radical (unpaired) electrons. The number of amides is 1. The van der Waals surface area contributed by atoms with E-state index in [2.05, 4.69) is 0 Å². The Hall–Kier alpha value is -2.28. The molecule has 0 unspecified atom stereocenters. The van der Waals surface area contributed by atoms with Gasteiger partial charge in [0.1, 0.15) is 0 Å². The summed E-state index contributed by atoms with van der Waals surface area (Å²) in [4.78, 5) is 26.3. The van der Waals surface area contributed by atoms with Crippen LogP contribution in [0.2, 0.25) is 0 Å². The normalized spacial score (nSPS) is 24.6. The van der Waals surface area contributed by atoms with Crippen molar-refractivity contribution in [3.8, 4) is 11.5 Å². The maximum absolute atomic E-state index is 13.2. The minimum atomic E-state index is -1.27. The van der Waals surface area contributed by atoms with E-state index < -0.39 is 23.1 Å². The van der Waals surface area contributed by atoms with E-state index in [1.54, 1.807) is 32.8 Å². The molecule has 2 aliphatic rings. The summed E-state index contributed by atoms with van der Waals surface area (Å²) in [5, 5.41) is 10.7. The molecule has 0 aromatic heterocycles. The number of likely N-dealkylation sites (tertiary alicyclic amines) is 1. The first-order chi connectivity index (χ1) is 14.5. The number of carbonyl (C=O) groups excluding carboxylic acids is 2. The molecule has 1 aliphatic heterocycles. The lowest BCUT2D eigenvalue weighted by Gasteiger charge is -2.34. The average molecular weight is 434 g/mol. The zero-order valence-electron chi connectivity index (χ0n) is 19.4. The molecule has 1 aliphatic carbocycles. The van der Waals surface area contributed by atoms with Gasteiger partial charge in [0, 0.05) is 31.3 Å². The van der Waals surface area contributed by atoms with Crippen molar-refractivity contribution in [2.24, 2.45) is 11.3 Å². The second-order valence-electron chi connectivity index (χ2n) is 9.69. The summed E-state index contributed by atoms with van der Waals surface area (Å²) in [6, 6.07) is 5.82. The summed E-state index contributed by atoms with van der Waals surface area (Å²) in [7, 11) is 1.62. The molecule has 1 heterocycles. The molecule has 1 aromatic carbocycles. The van der Waals surface area contributed by atoms with Crippen LogP contribution in [0.1, 0.15) is 58.9 Å². The second kappa shape index (κ2) is 8.69. The Bertz CT molecular complexity index is 831. The van der Waals surface area contributed by atoms with Crippen LogP contribution in [0.4, 0.5) is 0 Å². The SMILES string of the molecule is COc1ccc([C@@H]2CN(C(=O)C(C)(C)OC(C)=O)C[C@@]2(C)[C@@H](C)O)cc1OCC1CC1. The van der Waals surface area contributed by atoms with Gasteiger partial charge in [-0.2, -0.15) is 0 Å². The van der Waals surface area contributed by atoms with Crippen LogP contribution in [-0.4, -0.2) is 60.4 Å². The van der Waals surface area contributed by atoms with Gasteiger partial charge in [-0.3, -0.25) is 9.59 Å². The van der Waals surface area contributed by atoms with Gasteiger partial charge in [0.25, 0.3) is 5.91 Å². The van der Waals surface area contributed by atoms with E-state index in [4.69, 9.17) is 14.2 Å². The fraction of sp³-hybridized carbons (Fsp3) is 0.667. The van der Waals surface area contributed by atoms with Gasteiger partial charge in [-0.25, -0.2) is 0 Å². The fourth-order valence-corrected chi connectivity index (χ4v) is 4.38. The van der Waals surface area contributed by atoms with Gasteiger partial charge in [0.2, 0.25) is 0 Å². The van der Waals surface area contributed by atoms with Crippen LogP contribution in [0.3, 0.4) is 0 Å². The predicted octanol–water partition coefficient (Wildman–Crippen LogP) is 3.14. The summed E-state index contributed by atoms with van der Waals surface area (Å²) >= 11 is 0. The first-order valence-electron chi connectivity index (χ1n) is 11.0. The number of carbonyl (C=O) groups is 2. The number of esters is 1. The lowest BCUT2D eigenvalue weighted by atomic mass is 9.72. The Kier molecular flexibility index (Phi) is 6.56. The highest BCUT2D eigenvalue weighted by Crippen LogP contribution is 2.47. The Morgan fingerprint density at radius 1 is 1.29 bits per heavy atom. The van der Waals surface area contributed by atoms with Crippen LogP contribution in [0.25, 0.3) is 0 Å². The summed E-state index contributed by atoms with van der Waals surface area (Å²) in [5.74, 6) is 1.09. The average Bonchev–Trinajstić information content (AvgIpc) is 3.45. The molecule has 1 saturated heterocycles. The molecule has 2 fully saturated rings. The molecule has 1 saturated carbocycles. The van der Waals surface area contributed by atoms with E-state index in [0.717, 1.165) is 5.56 Å². The van der Waals surface area contributed by atoms with E-state index >= 15 is 0 Å². The third-order valence-electron chi connectivity index (χ3n) is 6.65. The molecule has 3 atom stereocenters. The van der Waals surface area contributed by atoms with Crippen LogP contribution in [0, 0.1) is 11.3 Å². The molecule has 7 nitrogen and oxygen atoms in total. The van der Waals surface area contributed by atoms with E-state index in [9.17, 15) is 14.7 Å². The van der Waals surface area contributed by atoms with Gasteiger partial charge in [-0.1, -0.05) is 13.0 Å². The number of benzene rings is 1. The molecule has 172 valence electrons. The number of hydrogen-bond donors (Lipinski definition) is 1. The summed E-state index contributed by atoms with van der Waals surface area (Å²) < 4.78 is 16.8. The van der Waals surface area contributed by atoms with E-state index in [1.807, 2.05) is 25.1 Å². The molecule has 1 N–H and O–H groups in total. The molecule has 1 amide bonds. The number of rotatable bonds is 8. The number of ether oxygens (including phenoxy) is 3. The second-order valence-corrected chi connectivity index (χ2v) is 9.69. The van der Waals surface area contributed by atoms with Crippen molar-refractivity contribution in [2.45, 2.75) is 65.1 Å². The maximum Gasteiger partial charge on any atom is 0.303 e. The summed E-state index contributed by atoms with van der Waals surface area (Å²) in [6.07, 6.45) is 1.74. The minimum absolute atomic E-state index is 0.112. The van der Waals surface area contributed by atoms with Crippen LogP contribution in [0.15, 0.2) is 18.2 Å². The standard InChI is InChI=1S/C24H35NO6/c1-15(26)24(5)14-25(22(28)23(3,4)31-16(2)27)12-19(24)18-9-10-20(29-6)21(11-18)30-13-17-7-8-17/h9-11,15,17,19,26H,7-8,12-14H2,1-6H3/t15-,19+,24+/m1/s1. The van der Waals surface area contributed by atoms with Crippen LogP contribution in [-0.2, 0) is 14.3 Å². The lowest BCUT2D eigenvalue weighted by molar-refractivity contribution is -0.168. The van der Waals surface area contributed by atoms with Gasteiger partial charge in [0.15, 0.2) is 17.1 Å². The van der Waals surface area contributed by atoms with Gasteiger partial charge in [-0.15, -0.1) is 0 Å². The fourth-order valence-electron chi connectivity index (χ4n) is 4.38. The smallest absolute Gasteiger partial charge is 0.303 e. The van der Waals surface area contributed by atoms with Gasteiger partial charge in [0.05, 0.1) is 19.8 Å². The Labute approximate surface area is 184 Å². The van der Waals surface area contributed by atoms with Crippen LogP contribution in [0.5, 0.6) is 11.5 Å². The third kappa shape index (κ3) is 4.97. The molecule has 0 spiro atoms. The van der Waals surface area contributed by atoms with E-state index in [1.165, 1.54) is 19.8 Å². The van der Waals surface area contributed by atoms with Gasteiger partial charge >= 0.3 is 5.97 Å². The monoisotopic (exact) mass is 433 g/mol. The Morgan fingerprint density at radius 2 is 1.97 bits per heavy atom. The minimum Gasteiger partial charge on any atom is -0.493 e.